The molecule has 19 heavy (non-hydrogen) atoms. The topological polar surface area (TPSA) is 20.3 Å². The van der Waals surface area contributed by atoms with Crippen LogP contribution in [0.15, 0.2) is 24.3 Å². The van der Waals surface area contributed by atoms with Crippen LogP contribution in [0.5, 0.6) is 0 Å². The van der Waals surface area contributed by atoms with E-state index in [0.29, 0.717) is 23.2 Å². The standard InChI is InChI=1S/C16H24ClNO/c1-4-5-8-11-18(13(2)3)12-16(19)14-9-6-7-10-15(14)17/h6-7,9-10,13H,4-5,8,11-12H2,1-3H3. The van der Waals surface area contributed by atoms with E-state index in [1.165, 1.54) is 12.8 Å². The molecule has 0 bridgehead atoms. The van der Waals surface area contributed by atoms with E-state index in [4.69, 9.17) is 11.6 Å². The Bertz CT molecular complexity index is 403. The van der Waals surface area contributed by atoms with Crippen LogP contribution < -0.4 is 0 Å². The van der Waals surface area contributed by atoms with Crippen LogP contribution in [-0.2, 0) is 0 Å². The molecule has 0 aliphatic carbocycles. The molecule has 106 valence electrons. The molecule has 1 aromatic rings. The van der Waals surface area contributed by atoms with E-state index in [1.54, 1.807) is 12.1 Å². The third kappa shape index (κ3) is 5.33. The minimum Gasteiger partial charge on any atom is -0.293 e. The number of Topliss-reactive ketones (excluding diaryl/α,β-unsaturated/α-hetero) is 1. The van der Waals surface area contributed by atoms with Crippen LogP contribution in [-0.4, -0.2) is 29.8 Å². The Balaban J connectivity index is 2.63. The van der Waals surface area contributed by atoms with E-state index in [2.05, 4.69) is 25.7 Å². The van der Waals surface area contributed by atoms with Crippen molar-refractivity contribution >= 4 is 17.4 Å². The number of nitrogens with zero attached hydrogens (tertiary/aromatic N) is 1. The van der Waals surface area contributed by atoms with Crippen molar-refractivity contribution in [2.24, 2.45) is 0 Å². The van der Waals surface area contributed by atoms with E-state index in [9.17, 15) is 4.79 Å². The van der Waals surface area contributed by atoms with Crippen molar-refractivity contribution in [1.29, 1.82) is 0 Å². The number of halogens is 1. The Labute approximate surface area is 121 Å². The zero-order valence-electron chi connectivity index (χ0n) is 12.2. The molecular formula is C16H24ClNO. The number of rotatable bonds is 8. The summed E-state index contributed by atoms with van der Waals surface area (Å²) in [4.78, 5) is 14.5. The third-order valence-corrected chi connectivity index (χ3v) is 3.63. The lowest BCUT2D eigenvalue weighted by atomic mass is 10.1. The Morgan fingerprint density at radius 1 is 1.26 bits per heavy atom. The summed E-state index contributed by atoms with van der Waals surface area (Å²) in [7, 11) is 0. The molecule has 2 nitrogen and oxygen atoms in total. The highest BCUT2D eigenvalue weighted by atomic mass is 35.5. The van der Waals surface area contributed by atoms with Gasteiger partial charge in [0.1, 0.15) is 0 Å². The Hall–Kier alpha value is -0.860. The fourth-order valence-corrected chi connectivity index (χ4v) is 2.28. The number of carbonyl (C=O) groups excluding carboxylic acids is 1. The van der Waals surface area contributed by atoms with E-state index in [-0.39, 0.29) is 5.78 Å². The fourth-order valence-electron chi connectivity index (χ4n) is 2.04. The highest BCUT2D eigenvalue weighted by molar-refractivity contribution is 6.34. The molecule has 0 spiro atoms. The molecule has 0 saturated heterocycles. The van der Waals surface area contributed by atoms with Gasteiger partial charge in [-0.3, -0.25) is 9.69 Å². The van der Waals surface area contributed by atoms with E-state index < -0.39 is 0 Å². The molecule has 0 unspecified atom stereocenters. The zero-order valence-corrected chi connectivity index (χ0v) is 12.9. The Kier molecular flexibility index (Phi) is 7.11. The van der Waals surface area contributed by atoms with Crippen molar-refractivity contribution in [3.8, 4) is 0 Å². The molecule has 0 radical (unpaired) electrons. The highest BCUT2D eigenvalue weighted by Gasteiger charge is 2.16. The summed E-state index contributed by atoms with van der Waals surface area (Å²) in [6, 6.07) is 7.65. The van der Waals surface area contributed by atoms with Gasteiger partial charge in [0.05, 0.1) is 11.6 Å². The van der Waals surface area contributed by atoms with Gasteiger partial charge in [-0.25, -0.2) is 0 Å². The number of hydrogen-bond donors (Lipinski definition) is 0. The van der Waals surface area contributed by atoms with Crippen LogP contribution in [0.4, 0.5) is 0 Å². The van der Waals surface area contributed by atoms with Gasteiger partial charge in [0.25, 0.3) is 0 Å². The quantitative estimate of drug-likeness (QED) is 0.519. The average Bonchev–Trinajstić information content (AvgIpc) is 2.38. The predicted octanol–water partition coefficient (Wildman–Crippen LogP) is 4.42. The van der Waals surface area contributed by atoms with Gasteiger partial charge in [-0.1, -0.05) is 43.5 Å². The maximum atomic E-state index is 12.3. The SMILES string of the molecule is CCCCCN(CC(=O)c1ccccc1Cl)C(C)C. The van der Waals surface area contributed by atoms with Crippen LogP contribution in [0.3, 0.4) is 0 Å². The summed E-state index contributed by atoms with van der Waals surface area (Å²) in [6.07, 6.45) is 3.55. The number of carbonyl (C=O) groups is 1. The van der Waals surface area contributed by atoms with Gasteiger partial charge < -0.3 is 0 Å². The van der Waals surface area contributed by atoms with E-state index in [1.807, 2.05) is 12.1 Å². The summed E-state index contributed by atoms with van der Waals surface area (Å²) in [6.45, 7) is 7.87. The average molecular weight is 282 g/mol. The number of benzene rings is 1. The maximum absolute atomic E-state index is 12.3. The second kappa shape index (κ2) is 8.34. The smallest absolute Gasteiger partial charge is 0.178 e. The van der Waals surface area contributed by atoms with Crippen LogP contribution in [0.25, 0.3) is 0 Å². The molecule has 0 amide bonds. The van der Waals surface area contributed by atoms with Crippen molar-refractivity contribution in [2.75, 3.05) is 13.1 Å². The number of hydrogen-bond acceptors (Lipinski definition) is 2. The number of ketones is 1. The maximum Gasteiger partial charge on any atom is 0.178 e. The zero-order chi connectivity index (χ0) is 14.3. The summed E-state index contributed by atoms with van der Waals surface area (Å²) >= 11 is 6.07. The number of unbranched alkanes of at least 4 members (excludes halogenated alkanes) is 2. The third-order valence-electron chi connectivity index (χ3n) is 3.30. The van der Waals surface area contributed by atoms with Gasteiger partial charge in [0.15, 0.2) is 5.78 Å². The second-order valence-electron chi connectivity index (χ2n) is 5.17. The lowest BCUT2D eigenvalue weighted by Crippen LogP contribution is -2.36. The summed E-state index contributed by atoms with van der Waals surface area (Å²) < 4.78 is 0. The van der Waals surface area contributed by atoms with Gasteiger partial charge in [0.2, 0.25) is 0 Å². The van der Waals surface area contributed by atoms with Crippen molar-refractivity contribution in [3.63, 3.8) is 0 Å². The van der Waals surface area contributed by atoms with Gasteiger partial charge in [-0.15, -0.1) is 0 Å². The molecule has 0 fully saturated rings. The molecule has 1 aromatic carbocycles. The molecule has 0 aliphatic heterocycles. The predicted molar refractivity (Wildman–Crippen MR) is 82.0 cm³/mol. The summed E-state index contributed by atoms with van der Waals surface area (Å²) in [5.41, 5.74) is 0.630. The van der Waals surface area contributed by atoms with E-state index in [0.717, 1.165) is 13.0 Å². The Morgan fingerprint density at radius 2 is 1.95 bits per heavy atom. The molecule has 0 saturated carbocycles. The van der Waals surface area contributed by atoms with Gasteiger partial charge in [-0.2, -0.15) is 0 Å². The van der Waals surface area contributed by atoms with Crippen LogP contribution in [0.1, 0.15) is 50.4 Å². The van der Waals surface area contributed by atoms with Gasteiger partial charge in [0, 0.05) is 11.6 Å². The first-order valence-electron chi connectivity index (χ1n) is 7.08. The van der Waals surface area contributed by atoms with Crippen LogP contribution >= 0.6 is 11.6 Å². The molecule has 0 aliphatic rings. The summed E-state index contributed by atoms with van der Waals surface area (Å²) in [5.74, 6) is 0.107. The van der Waals surface area contributed by atoms with E-state index >= 15 is 0 Å². The molecule has 3 heteroatoms. The molecule has 0 N–H and O–H groups in total. The first-order valence-corrected chi connectivity index (χ1v) is 7.45. The fraction of sp³-hybridized carbons (Fsp3) is 0.562. The van der Waals surface area contributed by atoms with Crippen LogP contribution in [0.2, 0.25) is 5.02 Å². The van der Waals surface area contributed by atoms with Gasteiger partial charge in [-0.05, 0) is 38.9 Å². The monoisotopic (exact) mass is 281 g/mol. The normalized spacial score (nSPS) is 11.3. The van der Waals surface area contributed by atoms with Crippen molar-refractivity contribution in [2.45, 2.75) is 46.1 Å². The lowest BCUT2D eigenvalue weighted by molar-refractivity contribution is 0.0904. The minimum absolute atomic E-state index is 0.107. The van der Waals surface area contributed by atoms with Crippen molar-refractivity contribution < 1.29 is 4.79 Å². The second-order valence-corrected chi connectivity index (χ2v) is 5.58. The Morgan fingerprint density at radius 3 is 2.53 bits per heavy atom. The molecule has 1 rings (SSSR count). The molecular weight excluding hydrogens is 258 g/mol. The first-order chi connectivity index (χ1) is 9.06. The minimum atomic E-state index is 0.107. The van der Waals surface area contributed by atoms with Crippen LogP contribution in [0, 0.1) is 0 Å². The lowest BCUT2D eigenvalue weighted by Gasteiger charge is -2.25. The summed E-state index contributed by atoms with van der Waals surface area (Å²) in [5, 5.41) is 0.546. The molecule has 0 aromatic heterocycles. The molecule has 0 heterocycles. The van der Waals surface area contributed by atoms with Gasteiger partial charge >= 0.3 is 0 Å². The van der Waals surface area contributed by atoms with Crippen molar-refractivity contribution in [1.82, 2.24) is 4.90 Å². The van der Waals surface area contributed by atoms with Crippen molar-refractivity contribution in [3.05, 3.63) is 34.9 Å². The molecule has 0 atom stereocenters. The largest absolute Gasteiger partial charge is 0.293 e. The highest BCUT2D eigenvalue weighted by Crippen LogP contribution is 2.16. The first kappa shape index (κ1) is 16.2.